The number of hydrogen-bond donors (Lipinski definition) is 1. The predicted molar refractivity (Wildman–Crippen MR) is 80.8 cm³/mol. The molecule has 3 unspecified atom stereocenters. The van der Waals surface area contributed by atoms with Gasteiger partial charge in [-0.25, -0.2) is 0 Å². The third-order valence-electron chi connectivity index (χ3n) is 4.21. The molecule has 0 saturated heterocycles. The monoisotopic (exact) mass is 278 g/mol. The van der Waals surface area contributed by atoms with Crippen molar-refractivity contribution in [1.29, 1.82) is 0 Å². The van der Waals surface area contributed by atoms with Crippen molar-refractivity contribution in [3.63, 3.8) is 0 Å². The van der Waals surface area contributed by atoms with E-state index in [0.717, 1.165) is 13.0 Å². The number of methoxy groups -OCH3 is 2. The molecule has 0 heterocycles. The molecule has 0 saturated carbocycles. The highest BCUT2D eigenvalue weighted by atomic mass is 16.5. The van der Waals surface area contributed by atoms with Gasteiger partial charge < -0.3 is 15.2 Å². The van der Waals surface area contributed by atoms with E-state index in [1.54, 1.807) is 14.2 Å². The van der Waals surface area contributed by atoms with Crippen LogP contribution in [0.15, 0.2) is 24.3 Å². The van der Waals surface area contributed by atoms with Crippen LogP contribution in [0.1, 0.15) is 24.1 Å². The Bertz CT molecular complexity index is 425. The lowest BCUT2D eigenvalue weighted by molar-refractivity contribution is 0.0424. The molecule has 0 spiro atoms. The molecule has 0 fully saturated rings. The lowest BCUT2D eigenvalue weighted by Crippen LogP contribution is -2.49. The summed E-state index contributed by atoms with van der Waals surface area (Å²) in [6, 6.07) is 9.22. The standard InChI is InChI=1S/C16H26N2O2/c1-12(11-20-3)18(8-9-19-2)15-10-13-6-4-5-7-14(13)16(15)17/h4-7,12,15-16H,8-11,17H2,1-3H3. The van der Waals surface area contributed by atoms with Gasteiger partial charge in [0.05, 0.1) is 13.2 Å². The first-order chi connectivity index (χ1) is 9.69. The lowest BCUT2D eigenvalue weighted by Gasteiger charge is -2.36. The predicted octanol–water partition coefficient (Wildman–Crippen LogP) is 1.59. The molecule has 2 N–H and O–H groups in total. The van der Waals surface area contributed by atoms with Gasteiger partial charge in [-0.1, -0.05) is 24.3 Å². The zero-order chi connectivity index (χ0) is 14.5. The van der Waals surface area contributed by atoms with Crippen molar-refractivity contribution in [2.75, 3.05) is 34.0 Å². The summed E-state index contributed by atoms with van der Waals surface area (Å²) in [5, 5.41) is 0. The largest absolute Gasteiger partial charge is 0.383 e. The number of ether oxygens (including phenoxy) is 2. The second kappa shape index (κ2) is 7.18. The minimum absolute atomic E-state index is 0.0716. The molecule has 0 radical (unpaired) electrons. The Morgan fingerprint density at radius 2 is 2.05 bits per heavy atom. The molecule has 112 valence electrons. The molecule has 0 bridgehead atoms. The summed E-state index contributed by atoms with van der Waals surface area (Å²) in [6.07, 6.45) is 1.01. The molecule has 0 amide bonds. The number of benzene rings is 1. The summed E-state index contributed by atoms with van der Waals surface area (Å²) in [7, 11) is 3.48. The number of nitrogens with two attached hydrogens (primary N) is 1. The minimum atomic E-state index is 0.0716. The Morgan fingerprint density at radius 3 is 2.70 bits per heavy atom. The van der Waals surface area contributed by atoms with E-state index in [-0.39, 0.29) is 6.04 Å². The second-order valence-electron chi connectivity index (χ2n) is 5.53. The van der Waals surface area contributed by atoms with E-state index in [4.69, 9.17) is 15.2 Å². The maximum Gasteiger partial charge on any atom is 0.0615 e. The van der Waals surface area contributed by atoms with Gasteiger partial charge in [0.25, 0.3) is 0 Å². The fourth-order valence-electron chi connectivity index (χ4n) is 3.18. The maximum absolute atomic E-state index is 6.47. The van der Waals surface area contributed by atoms with E-state index in [1.165, 1.54) is 11.1 Å². The highest BCUT2D eigenvalue weighted by Crippen LogP contribution is 2.33. The Hall–Kier alpha value is -0.940. The van der Waals surface area contributed by atoms with Crippen LogP contribution in [0.5, 0.6) is 0 Å². The van der Waals surface area contributed by atoms with E-state index in [1.807, 2.05) is 0 Å². The first-order valence-corrected chi connectivity index (χ1v) is 7.26. The molecule has 1 aliphatic carbocycles. The molecule has 20 heavy (non-hydrogen) atoms. The Labute approximate surface area is 121 Å². The molecular formula is C16H26N2O2. The highest BCUT2D eigenvalue weighted by molar-refractivity contribution is 5.37. The van der Waals surface area contributed by atoms with Crippen LogP contribution in [0.25, 0.3) is 0 Å². The SMILES string of the molecule is COCCN(C(C)COC)C1Cc2ccccc2C1N. The van der Waals surface area contributed by atoms with Crippen molar-refractivity contribution in [2.45, 2.75) is 31.5 Å². The van der Waals surface area contributed by atoms with Crippen molar-refractivity contribution < 1.29 is 9.47 Å². The van der Waals surface area contributed by atoms with E-state index < -0.39 is 0 Å². The number of nitrogens with zero attached hydrogens (tertiary/aromatic N) is 1. The topological polar surface area (TPSA) is 47.7 Å². The zero-order valence-electron chi connectivity index (χ0n) is 12.7. The summed E-state index contributed by atoms with van der Waals surface area (Å²) in [5.74, 6) is 0. The van der Waals surface area contributed by atoms with Crippen molar-refractivity contribution in [3.8, 4) is 0 Å². The van der Waals surface area contributed by atoms with Crippen LogP contribution in [0.3, 0.4) is 0 Å². The van der Waals surface area contributed by atoms with Gasteiger partial charge in [0.2, 0.25) is 0 Å². The van der Waals surface area contributed by atoms with E-state index in [0.29, 0.717) is 25.3 Å². The first kappa shape index (κ1) is 15.4. The Morgan fingerprint density at radius 1 is 1.30 bits per heavy atom. The molecule has 1 aromatic carbocycles. The summed E-state index contributed by atoms with van der Waals surface area (Å²) in [5.41, 5.74) is 9.13. The Kier molecular flexibility index (Phi) is 5.54. The van der Waals surface area contributed by atoms with Crippen molar-refractivity contribution in [3.05, 3.63) is 35.4 Å². The average molecular weight is 278 g/mol. The molecule has 0 aromatic heterocycles. The first-order valence-electron chi connectivity index (χ1n) is 7.26. The second-order valence-corrected chi connectivity index (χ2v) is 5.53. The van der Waals surface area contributed by atoms with Crippen LogP contribution >= 0.6 is 0 Å². The summed E-state index contributed by atoms with van der Waals surface area (Å²) in [6.45, 7) is 4.50. The summed E-state index contributed by atoms with van der Waals surface area (Å²) < 4.78 is 10.6. The fraction of sp³-hybridized carbons (Fsp3) is 0.625. The van der Waals surface area contributed by atoms with Crippen molar-refractivity contribution >= 4 is 0 Å². The van der Waals surface area contributed by atoms with Gasteiger partial charge in [0.15, 0.2) is 0 Å². The van der Waals surface area contributed by atoms with Crippen LogP contribution in [-0.4, -0.2) is 51.0 Å². The normalized spacial score (nSPS) is 23.1. The van der Waals surface area contributed by atoms with Crippen LogP contribution in [-0.2, 0) is 15.9 Å². The van der Waals surface area contributed by atoms with Crippen molar-refractivity contribution in [1.82, 2.24) is 4.90 Å². The van der Waals surface area contributed by atoms with Gasteiger partial charge in [0.1, 0.15) is 0 Å². The zero-order valence-corrected chi connectivity index (χ0v) is 12.7. The number of rotatable bonds is 7. The minimum Gasteiger partial charge on any atom is -0.383 e. The van der Waals surface area contributed by atoms with E-state index >= 15 is 0 Å². The van der Waals surface area contributed by atoms with Gasteiger partial charge in [-0.3, -0.25) is 4.90 Å². The van der Waals surface area contributed by atoms with Crippen molar-refractivity contribution in [2.24, 2.45) is 5.73 Å². The third kappa shape index (κ3) is 3.20. The van der Waals surface area contributed by atoms with Crippen LogP contribution in [0.2, 0.25) is 0 Å². The number of hydrogen-bond acceptors (Lipinski definition) is 4. The lowest BCUT2D eigenvalue weighted by atomic mass is 10.1. The van der Waals surface area contributed by atoms with Gasteiger partial charge in [-0.05, 0) is 24.5 Å². The molecular weight excluding hydrogens is 252 g/mol. The molecule has 1 aliphatic rings. The molecule has 0 aliphatic heterocycles. The average Bonchev–Trinajstić information content (AvgIpc) is 2.78. The van der Waals surface area contributed by atoms with Crippen LogP contribution in [0.4, 0.5) is 0 Å². The van der Waals surface area contributed by atoms with E-state index in [2.05, 4.69) is 36.1 Å². The van der Waals surface area contributed by atoms with Gasteiger partial charge in [0, 0.05) is 38.9 Å². The van der Waals surface area contributed by atoms with Crippen LogP contribution in [0, 0.1) is 0 Å². The molecule has 3 atom stereocenters. The summed E-state index contributed by atoms with van der Waals surface area (Å²) in [4.78, 5) is 2.43. The third-order valence-corrected chi connectivity index (χ3v) is 4.21. The quantitative estimate of drug-likeness (QED) is 0.823. The number of fused-ring (bicyclic) bond motifs is 1. The van der Waals surface area contributed by atoms with Gasteiger partial charge in [-0.2, -0.15) is 0 Å². The van der Waals surface area contributed by atoms with E-state index in [9.17, 15) is 0 Å². The fourth-order valence-corrected chi connectivity index (χ4v) is 3.18. The smallest absolute Gasteiger partial charge is 0.0615 e. The maximum atomic E-state index is 6.47. The van der Waals surface area contributed by atoms with Gasteiger partial charge >= 0.3 is 0 Å². The summed E-state index contributed by atoms with van der Waals surface area (Å²) >= 11 is 0. The van der Waals surface area contributed by atoms with Crippen LogP contribution < -0.4 is 5.73 Å². The molecule has 4 nitrogen and oxygen atoms in total. The highest BCUT2D eigenvalue weighted by Gasteiger charge is 2.35. The molecule has 1 aromatic rings. The van der Waals surface area contributed by atoms with Gasteiger partial charge in [-0.15, -0.1) is 0 Å². The molecule has 2 rings (SSSR count). The Balaban J connectivity index is 2.14. The molecule has 4 heteroatoms.